The Kier molecular flexibility index (Phi) is 19.4. The van der Waals surface area contributed by atoms with Gasteiger partial charge in [-0.05, 0) is 64.6 Å². The van der Waals surface area contributed by atoms with Crippen LogP contribution in [0.5, 0.6) is 0 Å². The van der Waals surface area contributed by atoms with Crippen LogP contribution in [0.15, 0.2) is 12.5 Å². The Morgan fingerprint density at radius 1 is 0.824 bits per heavy atom. The van der Waals surface area contributed by atoms with Crippen molar-refractivity contribution in [1.29, 1.82) is 0 Å². The molecule has 1 aromatic rings. The van der Waals surface area contributed by atoms with Crippen molar-refractivity contribution in [3.8, 4) is 0 Å². The lowest BCUT2D eigenvalue weighted by Gasteiger charge is -2.64. The van der Waals surface area contributed by atoms with E-state index in [0.29, 0.717) is 23.8 Å². The largest absolute Gasteiger partial charge is 0.481 e. The van der Waals surface area contributed by atoms with E-state index in [1.54, 1.807) is 61.6 Å². The quantitative estimate of drug-likeness (QED) is 0.0351. The van der Waals surface area contributed by atoms with Crippen LogP contribution in [0, 0.1) is 68.0 Å². The number of H-pyrrole nitrogens is 1. The van der Waals surface area contributed by atoms with Crippen molar-refractivity contribution in [2.24, 2.45) is 68.0 Å². The minimum absolute atomic E-state index is 0.0779. The normalized spacial score (nSPS) is 23.0. The Morgan fingerprint density at radius 3 is 1.94 bits per heavy atom. The zero-order valence-electron chi connectivity index (χ0n) is 43.4. The van der Waals surface area contributed by atoms with Crippen LogP contribution in [0.4, 0.5) is 0 Å². The zero-order chi connectivity index (χ0) is 52.0. The molecule has 3 heterocycles. The van der Waals surface area contributed by atoms with Crippen LogP contribution in [0.2, 0.25) is 0 Å². The van der Waals surface area contributed by atoms with Crippen LogP contribution < -0.4 is 21.3 Å². The van der Waals surface area contributed by atoms with Gasteiger partial charge >= 0.3 is 17.9 Å². The Hall–Kier alpha value is -3.80. The number of aliphatic carboxylic acids is 3. The zero-order valence-corrected chi connectivity index (χ0v) is 45.1. The second-order valence-corrected chi connectivity index (χ2v) is 26.1. The molecule has 2 fully saturated rings. The molecule has 68 heavy (non-hydrogen) atoms. The van der Waals surface area contributed by atoms with Gasteiger partial charge in [0.1, 0.15) is 0 Å². The summed E-state index contributed by atoms with van der Waals surface area (Å²) in [6, 6.07) is 0. The van der Waals surface area contributed by atoms with E-state index in [2.05, 4.69) is 31.2 Å². The number of unbranched alkanes of at least 4 members (excludes halogenated alkanes) is 1. The summed E-state index contributed by atoms with van der Waals surface area (Å²) in [6.45, 7) is 27.6. The van der Waals surface area contributed by atoms with Crippen LogP contribution in [-0.4, -0.2) is 103 Å². The first kappa shape index (κ1) is 58.5. The minimum Gasteiger partial charge on any atom is -0.481 e. The summed E-state index contributed by atoms with van der Waals surface area (Å²) in [6.07, 6.45) is 7.35. The predicted octanol–water partition coefficient (Wildman–Crippen LogP) is 7.44. The number of carboxylic acids is 3. The third-order valence-electron chi connectivity index (χ3n) is 18.0. The molecule has 2 saturated heterocycles. The van der Waals surface area contributed by atoms with Gasteiger partial charge in [-0.2, -0.15) is 0 Å². The van der Waals surface area contributed by atoms with Gasteiger partial charge in [-0.3, -0.25) is 33.6 Å². The summed E-state index contributed by atoms with van der Waals surface area (Å²) in [5.41, 5.74) is -7.22. The third kappa shape index (κ3) is 12.4. The highest BCUT2D eigenvalue weighted by atomic mass is 33.1. The molecule has 386 valence electrons. The van der Waals surface area contributed by atoms with Gasteiger partial charge in [-0.1, -0.05) is 125 Å². The minimum atomic E-state index is -1.49. The number of rotatable bonds is 25. The summed E-state index contributed by atoms with van der Waals surface area (Å²) in [5, 5.41) is 45.0. The molecular weight excluding hydrogens is 909 g/mol. The van der Waals surface area contributed by atoms with Gasteiger partial charge in [0.25, 0.3) is 0 Å². The number of aromatic nitrogens is 2. The molecule has 2 aliphatic heterocycles. The molecular formula is C50H84N6O10S2. The first-order valence-electron chi connectivity index (χ1n) is 24.2. The van der Waals surface area contributed by atoms with Crippen LogP contribution in [0.1, 0.15) is 148 Å². The van der Waals surface area contributed by atoms with Crippen molar-refractivity contribution in [2.75, 3.05) is 25.4 Å². The van der Waals surface area contributed by atoms with Gasteiger partial charge in [-0.15, -0.1) is 0 Å². The highest BCUT2D eigenvalue weighted by Gasteiger charge is 2.69. The molecule has 0 saturated carbocycles. The molecule has 16 nitrogen and oxygen atoms in total. The molecule has 0 bridgehead atoms. The standard InChI is InChI=1S/C50H84N6O10S2/c1-29(35(42(63)64)36(46(7,8)44(2,3)4)40(61)54-24-23-52-33(57)19-17-16-18-31-21-25-67-68-31)45(5,6)47(9,10)38(43(65)66)37-41(62)56-50(15,49(13,14)48(37,11)12)32(26-34(58)59)39(60)53-22-20-30-27-51-28-55-30/h27-29,31-32,35-38H,16-26H2,1-15H3,(H,51,55)(H,52,57)(H,53,60)(H,54,61)(H,56,62)(H,58,59)(H,63,64)(H,65,66). The lowest BCUT2D eigenvalue weighted by atomic mass is 9.42. The van der Waals surface area contributed by atoms with E-state index in [1.807, 2.05) is 70.1 Å². The molecule has 0 aliphatic carbocycles. The van der Waals surface area contributed by atoms with E-state index < -0.39 is 116 Å². The van der Waals surface area contributed by atoms with Crippen LogP contribution in [0.3, 0.4) is 0 Å². The number of hydrogen-bond acceptors (Lipinski definition) is 10. The van der Waals surface area contributed by atoms with Crippen molar-refractivity contribution < 1.29 is 48.9 Å². The number of piperidine rings is 1. The summed E-state index contributed by atoms with van der Waals surface area (Å²) in [7, 11) is 3.82. The molecule has 0 radical (unpaired) electrons. The summed E-state index contributed by atoms with van der Waals surface area (Å²) >= 11 is 0. The monoisotopic (exact) mass is 993 g/mol. The van der Waals surface area contributed by atoms with Crippen LogP contribution >= 0.6 is 21.6 Å². The van der Waals surface area contributed by atoms with E-state index in [1.165, 1.54) is 18.5 Å². The highest BCUT2D eigenvalue weighted by molar-refractivity contribution is 8.77. The van der Waals surface area contributed by atoms with E-state index >= 15 is 0 Å². The molecule has 8 unspecified atom stereocenters. The molecule has 2 aliphatic rings. The Morgan fingerprint density at radius 2 is 1.43 bits per heavy atom. The Balaban J connectivity index is 1.97. The average molecular weight is 993 g/mol. The number of carbonyl (C=O) groups is 7. The molecule has 0 aromatic carbocycles. The lowest BCUT2D eigenvalue weighted by Crippen LogP contribution is -2.75. The van der Waals surface area contributed by atoms with Crippen molar-refractivity contribution in [1.82, 2.24) is 31.2 Å². The fraction of sp³-hybridized carbons (Fsp3) is 0.800. The number of carbonyl (C=O) groups excluding carboxylic acids is 4. The van der Waals surface area contributed by atoms with Gasteiger partial charge in [0.05, 0.1) is 53.6 Å². The molecule has 0 spiro atoms. The third-order valence-corrected chi connectivity index (χ3v) is 21.0. The summed E-state index contributed by atoms with van der Waals surface area (Å²) in [4.78, 5) is 103. The number of imidazole rings is 1. The summed E-state index contributed by atoms with van der Waals surface area (Å²) in [5.74, 6) is -11.8. The van der Waals surface area contributed by atoms with E-state index in [-0.39, 0.29) is 25.5 Å². The predicted molar refractivity (Wildman–Crippen MR) is 267 cm³/mol. The van der Waals surface area contributed by atoms with Crippen molar-refractivity contribution >= 4 is 63.1 Å². The fourth-order valence-electron chi connectivity index (χ4n) is 10.7. The lowest BCUT2D eigenvalue weighted by molar-refractivity contribution is -0.192. The Labute approximate surface area is 412 Å². The number of hydrogen-bond donors (Lipinski definition) is 8. The molecule has 18 heteroatoms. The maximum atomic E-state index is 14.9. The SMILES string of the molecule is CC(C(C(=O)O)C(C(=O)NCCNC(=O)CCCCC1CCSS1)C(C)(C)C(C)(C)C)C(C)(C)C(C)(C)C(C(=O)O)C1C(=O)NC(C)(C(CC(=O)O)C(=O)NCCc2c[nH]cn2)C(C)(C)C1(C)C. The van der Waals surface area contributed by atoms with Gasteiger partial charge in [0.2, 0.25) is 23.6 Å². The average Bonchev–Trinajstić information content (AvgIpc) is 3.94. The molecule has 3 rings (SSSR count). The van der Waals surface area contributed by atoms with E-state index in [9.17, 15) is 48.9 Å². The number of nitrogens with zero attached hydrogens (tertiary/aromatic N) is 1. The van der Waals surface area contributed by atoms with E-state index in [0.717, 1.165) is 19.3 Å². The van der Waals surface area contributed by atoms with Gasteiger partial charge < -0.3 is 41.6 Å². The summed E-state index contributed by atoms with van der Waals surface area (Å²) < 4.78 is 0. The maximum Gasteiger partial charge on any atom is 0.307 e. The van der Waals surface area contributed by atoms with E-state index in [4.69, 9.17) is 0 Å². The number of amides is 4. The Bertz CT molecular complexity index is 1960. The van der Waals surface area contributed by atoms with Gasteiger partial charge in [-0.25, -0.2) is 4.98 Å². The van der Waals surface area contributed by atoms with Crippen molar-refractivity contribution in [3.63, 3.8) is 0 Å². The molecule has 1 aromatic heterocycles. The first-order valence-corrected chi connectivity index (χ1v) is 26.6. The topological polar surface area (TPSA) is 257 Å². The number of aromatic amines is 1. The highest BCUT2D eigenvalue weighted by Crippen LogP contribution is 2.64. The fourth-order valence-corrected chi connectivity index (χ4v) is 13.8. The van der Waals surface area contributed by atoms with Crippen LogP contribution in [0.25, 0.3) is 0 Å². The van der Waals surface area contributed by atoms with Gasteiger partial charge in [0, 0.05) is 49.7 Å². The second kappa shape index (κ2) is 22.5. The molecule has 4 amide bonds. The van der Waals surface area contributed by atoms with Gasteiger partial charge in [0.15, 0.2) is 0 Å². The molecule has 8 atom stereocenters. The molecule has 8 N–H and O–H groups in total. The van der Waals surface area contributed by atoms with Crippen molar-refractivity contribution in [2.45, 2.75) is 160 Å². The van der Waals surface area contributed by atoms with Crippen LogP contribution in [-0.2, 0) is 40.0 Å². The maximum absolute atomic E-state index is 14.9. The first-order chi connectivity index (χ1) is 31.1. The number of carboxylic acid groups (broad SMARTS) is 3. The van der Waals surface area contributed by atoms with Crippen molar-refractivity contribution in [3.05, 3.63) is 18.2 Å². The second-order valence-electron chi connectivity index (χ2n) is 23.3. The number of nitrogens with one attached hydrogen (secondary N) is 5. The smallest absolute Gasteiger partial charge is 0.307 e.